The molecule has 2 saturated carbocycles. The maximum absolute atomic E-state index is 13.5. The molecule has 0 saturated heterocycles. The fourth-order valence-corrected chi connectivity index (χ4v) is 5.38. The Kier molecular flexibility index (Phi) is 3.18. The lowest BCUT2D eigenvalue weighted by atomic mass is 9.72. The highest BCUT2D eigenvalue weighted by Gasteiger charge is 2.69. The average molecular weight is 373 g/mol. The van der Waals surface area contributed by atoms with E-state index in [0.29, 0.717) is 11.9 Å². The summed E-state index contributed by atoms with van der Waals surface area (Å²) in [5.74, 6) is 0.824. The van der Waals surface area contributed by atoms with Gasteiger partial charge in [-0.3, -0.25) is 15.1 Å². The number of aromatic amines is 1. The molecule has 7 nitrogen and oxygen atoms in total. The largest absolute Gasteiger partial charge is 0.378 e. The summed E-state index contributed by atoms with van der Waals surface area (Å²) < 4.78 is 0. The zero-order chi connectivity index (χ0) is 18.7. The third-order valence-electron chi connectivity index (χ3n) is 6.54. The lowest BCUT2D eigenvalue weighted by molar-refractivity contribution is -0.149. The van der Waals surface area contributed by atoms with Gasteiger partial charge >= 0.3 is 0 Å². The predicted octanol–water partition coefficient (Wildman–Crippen LogP) is 3.12. The third-order valence-corrected chi connectivity index (χ3v) is 6.54. The molecule has 4 unspecified atom stereocenters. The molecular formula is C21H19N5O2. The molecule has 3 heterocycles. The SMILES string of the molecule is O=C(Nc1nc2ccccc2[nH]1)C12ON=C(c3cccnc3)C1C1CCC2C1. The number of aromatic nitrogens is 3. The Hall–Kier alpha value is -3.22. The van der Waals surface area contributed by atoms with Gasteiger partial charge in [0.15, 0.2) is 0 Å². The minimum absolute atomic E-state index is 0.0418. The minimum Gasteiger partial charge on any atom is -0.378 e. The molecule has 2 bridgehead atoms. The number of pyridine rings is 1. The van der Waals surface area contributed by atoms with Gasteiger partial charge < -0.3 is 9.82 Å². The number of amides is 1. The molecule has 7 heteroatoms. The number of rotatable bonds is 3. The van der Waals surface area contributed by atoms with E-state index in [9.17, 15) is 4.79 Å². The van der Waals surface area contributed by atoms with E-state index < -0.39 is 5.60 Å². The third kappa shape index (κ3) is 2.04. The molecule has 140 valence electrons. The summed E-state index contributed by atoms with van der Waals surface area (Å²) >= 11 is 0. The molecule has 1 aromatic carbocycles. The molecule has 3 aromatic rings. The van der Waals surface area contributed by atoms with E-state index >= 15 is 0 Å². The summed E-state index contributed by atoms with van der Waals surface area (Å²) in [4.78, 5) is 31.3. The predicted molar refractivity (Wildman–Crippen MR) is 104 cm³/mol. The minimum atomic E-state index is -0.951. The molecule has 0 radical (unpaired) electrons. The van der Waals surface area contributed by atoms with Gasteiger partial charge in [-0.2, -0.15) is 0 Å². The van der Waals surface area contributed by atoms with Crippen molar-refractivity contribution < 1.29 is 9.63 Å². The van der Waals surface area contributed by atoms with Crippen molar-refractivity contribution in [3.05, 3.63) is 54.4 Å². The van der Waals surface area contributed by atoms with Gasteiger partial charge in [0.2, 0.25) is 11.5 Å². The number of benzene rings is 1. The van der Waals surface area contributed by atoms with Crippen LogP contribution in [-0.4, -0.2) is 32.2 Å². The Morgan fingerprint density at radius 3 is 3.00 bits per heavy atom. The maximum atomic E-state index is 13.5. The van der Waals surface area contributed by atoms with Crippen molar-refractivity contribution in [1.29, 1.82) is 0 Å². The monoisotopic (exact) mass is 373 g/mol. The summed E-state index contributed by atoms with van der Waals surface area (Å²) in [6.45, 7) is 0. The maximum Gasteiger partial charge on any atom is 0.274 e. The highest BCUT2D eigenvalue weighted by molar-refractivity contribution is 6.10. The standard InChI is InChI=1S/C21H19N5O2/c27-19(25-20-23-15-5-1-2-6-16(15)24-20)21-14-8-7-12(10-14)17(21)18(26-28-21)13-4-3-9-22-11-13/h1-6,9,11-12,14,17H,7-8,10H2,(H2,23,24,25,27). The van der Waals surface area contributed by atoms with E-state index in [-0.39, 0.29) is 17.7 Å². The molecule has 1 amide bonds. The van der Waals surface area contributed by atoms with Crippen molar-refractivity contribution in [3.8, 4) is 0 Å². The number of nitrogens with zero attached hydrogens (tertiary/aromatic N) is 3. The zero-order valence-corrected chi connectivity index (χ0v) is 15.1. The van der Waals surface area contributed by atoms with Gasteiger partial charge in [0.05, 0.1) is 22.7 Å². The molecule has 2 aliphatic carbocycles. The van der Waals surface area contributed by atoms with Crippen LogP contribution in [0.4, 0.5) is 5.95 Å². The van der Waals surface area contributed by atoms with Crippen molar-refractivity contribution in [2.24, 2.45) is 22.9 Å². The van der Waals surface area contributed by atoms with E-state index in [1.54, 1.807) is 12.4 Å². The number of fused-ring (bicyclic) bond motifs is 6. The Balaban J connectivity index is 1.36. The first-order valence-corrected chi connectivity index (χ1v) is 9.68. The molecule has 28 heavy (non-hydrogen) atoms. The van der Waals surface area contributed by atoms with Gasteiger partial charge in [-0.25, -0.2) is 4.98 Å². The van der Waals surface area contributed by atoms with E-state index in [1.165, 1.54) is 0 Å². The highest BCUT2D eigenvalue weighted by atomic mass is 16.7. The molecule has 3 aliphatic rings. The van der Waals surface area contributed by atoms with Crippen LogP contribution in [0, 0.1) is 17.8 Å². The summed E-state index contributed by atoms with van der Waals surface area (Å²) in [5.41, 5.74) is 2.53. The number of carbonyl (C=O) groups is 1. The van der Waals surface area contributed by atoms with E-state index in [1.807, 2.05) is 36.4 Å². The van der Waals surface area contributed by atoms with Crippen LogP contribution < -0.4 is 5.32 Å². The van der Waals surface area contributed by atoms with Crippen molar-refractivity contribution in [2.75, 3.05) is 5.32 Å². The molecule has 2 N–H and O–H groups in total. The fraction of sp³-hybridized carbons (Fsp3) is 0.333. The molecule has 6 rings (SSSR count). The molecular weight excluding hydrogens is 354 g/mol. The first kappa shape index (κ1) is 15.8. The number of nitrogens with one attached hydrogen (secondary N) is 2. The van der Waals surface area contributed by atoms with Crippen molar-refractivity contribution in [3.63, 3.8) is 0 Å². The van der Waals surface area contributed by atoms with Crippen LogP contribution >= 0.6 is 0 Å². The fourth-order valence-electron chi connectivity index (χ4n) is 5.38. The van der Waals surface area contributed by atoms with Crippen molar-refractivity contribution >= 4 is 28.6 Å². The first-order chi connectivity index (χ1) is 13.8. The van der Waals surface area contributed by atoms with Crippen LogP contribution in [0.1, 0.15) is 24.8 Å². The lowest BCUT2D eigenvalue weighted by Gasteiger charge is -2.35. The Morgan fingerprint density at radius 1 is 1.21 bits per heavy atom. The highest BCUT2D eigenvalue weighted by Crippen LogP contribution is 2.60. The number of carbonyl (C=O) groups excluding carboxylic acids is 1. The van der Waals surface area contributed by atoms with E-state index in [4.69, 9.17) is 4.84 Å². The number of para-hydroxylation sites is 2. The van der Waals surface area contributed by atoms with E-state index in [2.05, 4.69) is 25.4 Å². The second-order valence-corrected chi connectivity index (χ2v) is 7.91. The van der Waals surface area contributed by atoms with Crippen LogP contribution in [-0.2, 0) is 9.63 Å². The number of oxime groups is 1. The zero-order valence-electron chi connectivity index (χ0n) is 15.1. The summed E-state index contributed by atoms with van der Waals surface area (Å²) in [6, 6.07) is 11.6. The number of hydrogen-bond acceptors (Lipinski definition) is 5. The molecule has 4 atom stereocenters. The van der Waals surface area contributed by atoms with Crippen LogP contribution in [0.2, 0.25) is 0 Å². The molecule has 1 aliphatic heterocycles. The second-order valence-electron chi connectivity index (χ2n) is 7.91. The Morgan fingerprint density at radius 2 is 2.14 bits per heavy atom. The van der Waals surface area contributed by atoms with Crippen LogP contribution in [0.3, 0.4) is 0 Å². The summed E-state index contributed by atoms with van der Waals surface area (Å²) in [6.07, 6.45) is 6.63. The van der Waals surface area contributed by atoms with Crippen LogP contribution in [0.5, 0.6) is 0 Å². The molecule has 2 fully saturated rings. The topological polar surface area (TPSA) is 92.3 Å². The first-order valence-electron chi connectivity index (χ1n) is 9.68. The van der Waals surface area contributed by atoms with Gasteiger partial charge in [0, 0.05) is 23.9 Å². The summed E-state index contributed by atoms with van der Waals surface area (Å²) in [7, 11) is 0. The van der Waals surface area contributed by atoms with Crippen molar-refractivity contribution in [2.45, 2.75) is 24.9 Å². The van der Waals surface area contributed by atoms with Gasteiger partial charge in [-0.15, -0.1) is 0 Å². The van der Waals surface area contributed by atoms with Gasteiger partial charge in [0.25, 0.3) is 5.91 Å². The number of anilines is 1. The van der Waals surface area contributed by atoms with Gasteiger partial charge in [-0.05, 0) is 49.4 Å². The average Bonchev–Trinajstić information content (AvgIpc) is 3.48. The molecule has 2 aromatic heterocycles. The number of H-pyrrole nitrogens is 1. The van der Waals surface area contributed by atoms with Crippen LogP contribution in [0.25, 0.3) is 11.0 Å². The van der Waals surface area contributed by atoms with Crippen LogP contribution in [0.15, 0.2) is 53.9 Å². The lowest BCUT2D eigenvalue weighted by Crippen LogP contribution is -2.53. The smallest absolute Gasteiger partial charge is 0.274 e. The summed E-state index contributed by atoms with van der Waals surface area (Å²) in [5, 5.41) is 7.37. The number of hydrogen-bond donors (Lipinski definition) is 2. The van der Waals surface area contributed by atoms with Gasteiger partial charge in [-0.1, -0.05) is 17.3 Å². The van der Waals surface area contributed by atoms with Gasteiger partial charge in [0.1, 0.15) is 0 Å². The number of imidazole rings is 1. The normalized spacial score (nSPS) is 30.1. The molecule has 0 spiro atoms. The Labute approximate surface area is 161 Å². The quantitative estimate of drug-likeness (QED) is 0.738. The Bertz CT molecular complexity index is 1080. The van der Waals surface area contributed by atoms with Crippen molar-refractivity contribution in [1.82, 2.24) is 15.0 Å². The van der Waals surface area contributed by atoms with E-state index in [0.717, 1.165) is 41.6 Å². The second kappa shape index (κ2) is 5.64.